The number of fused-ring (bicyclic) bond motifs is 3. The highest BCUT2D eigenvalue weighted by molar-refractivity contribution is 6.39. The van der Waals surface area contributed by atoms with Gasteiger partial charge in [0.05, 0.1) is 41.7 Å². The quantitative estimate of drug-likeness (QED) is 0.0832. The van der Waals surface area contributed by atoms with Crippen LogP contribution in [0.1, 0.15) is 130 Å². The monoisotopic (exact) mass is 1170 g/mol. The number of hydrogen-bond acceptors (Lipinski definition) is 20. The molecule has 464 valence electrons. The van der Waals surface area contributed by atoms with Crippen LogP contribution >= 0.6 is 0 Å². The lowest BCUT2D eigenvalue weighted by Gasteiger charge is -2.42. The number of carbonyl (C=O) groups is 6. The first-order chi connectivity index (χ1) is 40.0. The molecule has 0 spiro atoms. The Balaban J connectivity index is 1.38. The summed E-state index contributed by atoms with van der Waals surface area (Å²) in [6, 6.07) is -1.30. The minimum absolute atomic E-state index is 0.0407. The molecule has 9 unspecified atom stereocenters. The maximum Gasteiger partial charge on any atom is 0.407 e. The Morgan fingerprint density at radius 2 is 1.62 bits per heavy atom. The van der Waals surface area contributed by atoms with Crippen molar-refractivity contribution in [2.75, 3.05) is 47.6 Å². The lowest BCUT2D eigenvalue weighted by atomic mass is 9.78. The van der Waals surface area contributed by atoms with Crippen LogP contribution in [0.25, 0.3) is 0 Å². The van der Waals surface area contributed by atoms with E-state index in [-0.39, 0.29) is 68.6 Å². The zero-order valence-electron chi connectivity index (χ0n) is 52.1. The Labute approximate surface area is 487 Å². The van der Waals surface area contributed by atoms with Crippen molar-refractivity contribution in [3.8, 4) is 0 Å². The van der Waals surface area contributed by atoms with Crippen molar-refractivity contribution in [2.45, 2.75) is 211 Å². The van der Waals surface area contributed by atoms with Crippen molar-refractivity contribution in [1.29, 1.82) is 0 Å². The molecule has 1 aliphatic carbocycles. The van der Waals surface area contributed by atoms with Crippen molar-refractivity contribution >= 4 is 35.3 Å². The van der Waals surface area contributed by atoms with E-state index in [2.05, 4.69) is 5.32 Å². The predicted octanol–water partition coefficient (Wildman–Crippen LogP) is 3.73. The number of alkyl carbamates (subject to hydrolysis) is 1. The topological polar surface area (TPSA) is 313 Å². The Kier molecular flexibility index (Phi) is 25.1. The molecule has 1 saturated carbocycles. The van der Waals surface area contributed by atoms with E-state index in [0.29, 0.717) is 56.9 Å². The van der Waals surface area contributed by atoms with Crippen LogP contribution in [0.15, 0.2) is 47.6 Å². The summed E-state index contributed by atoms with van der Waals surface area (Å²) in [5.74, 6) is -9.68. The smallest absolute Gasteiger partial charge is 0.407 e. The van der Waals surface area contributed by atoms with E-state index in [1.54, 1.807) is 65.0 Å². The molecule has 2 bridgehead atoms. The van der Waals surface area contributed by atoms with E-state index in [1.165, 1.54) is 14.2 Å². The number of ketones is 3. The second-order valence-corrected chi connectivity index (χ2v) is 23.4. The average Bonchev–Trinajstić information content (AvgIpc) is 3.03. The number of esters is 1. The molecule has 0 aromatic carbocycles. The van der Waals surface area contributed by atoms with Crippen LogP contribution in [-0.2, 0) is 61.9 Å². The molecule has 20 atom stereocenters. The number of carbonyl (C=O) groups excluding carboxylic acids is 6. The highest BCUT2D eigenvalue weighted by atomic mass is 16.7. The van der Waals surface area contributed by atoms with Gasteiger partial charge in [0.1, 0.15) is 48.8 Å². The molecule has 22 heteroatoms. The molecule has 4 aliphatic heterocycles. The highest BCUT2D eigenvalue weighted by Gasteiger charge is 2.53. The van der Waals surface area contributed by atoms with Gasteiger partial charge < -0.3 is 78.8 Å². The molecule has 4 heterocycles. The van der Waals surface area contributed by atoms with Gasteiger partial charge in [-0.3, -0.25) is 19.2 Å². The van der Waals surface area contributed by atoms with Crippen LogP contribution in [0.4, 0.5) is 4.79 Å². The minimum Gasteiger partial charge on any atom is -0.460 e. The van der Waals surface area contributed by atoms with Gasteiger partial charge in [0.15, 0.2) is 17.9 Å². The fraction of sp³-hybridized carbons (Fsp3) is 0.767. The van der Waals surface area contributed by atoms with Crippen molar-refractivity contribution in [3.05, 3.63) is 47.6 Å². The molecule has 2 amide bonds. The first-order valence-electron chi connectivity index (χ1n) is 30.5. The van der Waals surface area contributed by atoms with E-state index < -0.39 is 152 Å². The lowest BCUT2D eigenvalue weighted by Crippen LogP contribution is -2.61. The summed E-state index contributed by atoms with van der Waals surface area (Å²) < 4.78 is 69.6. The van der Waals surface area contributed by atoms with Crippen LogP contribution in [-0.4, -0.2) is 204 Å². The highest BCUT2D eigenvalue weighted by Crippen LogP contribution is 2.38. The first-order valence-corrected chi connectivity index (χ1v) is 29.0. The SMILES string of the molecule is [2H]C([2H])([2H])O[C@H]1CC2CC[C@@H](C)C(O)(O2)C(=O)C(=O)N2CCCC[C@H]2C(=O)OC([C@H](C)C[C@@H]2CC[C@@H](OC(=O)NCCOC3OC(CO)C(O)C(O)C3O)[C@H](OC)C2)CC(=O)C(C)=CC(C)[C@@H](O)[C@@H](OC)C(=O)[C@H](C)C[C@H](C)C=CC=CC=C1C. The number of amides is 2. The summed E-state index contributed by atoms with van der Waals surface area (Å²) in [7, 11) is -0.0254. The fourth-order valence-electron chi connectivity index (χ4n) is 11.8. The largest absolute Gasteiger partial charge is 0.460 e. The average molecular weight is 1170 g/mol. The van der Waals surface area contributed by atoms with Gasteiger partial charge in [-0.2, -0.15) is 0 Å². The molecular weight excluding hydrogens is 1070 g/mol. The zero-order chi connectivity index (χ0) is 63.1. The van der Waals surface area contributed by atoms with Crippen LogP contribution in [0.3, 0.4) is 0 Å². The standard InChI is InChI=1S/C60H94N2O20/c1-33-16-12-11-13-17-34(2)45(75-8)30-41-21-19-39(7)60(74,82-41)55(70)56(71)62-24-15-14-18-42(62)57(72)79-46(31-43(64)35(3)27-38(6)50(66)54(77-10)49(65)37(5)26-33)36(4)28-40-20-22-44(47(29-40)76-9)81-59(73)61-23-25-78-58-53(69)52(68)51(67)48(32-63)80-58/h11-13,16-17,27,33,36-42,44-48,50-54,58,63,66-69,74H,14-15,18-26,28-32H2,1-10H3,(H,61,73)/t33-,36-,37-,38?,39-,40+,41?,42+,44-,45+,46?,47-,48?,50-,51?,52?,53?,54+,58?,60?/m1/s1/i8D3. The van der Waals surface area contributed by atoms with Crippen LogP contribution in [0.2, 0.25) is 0 Å². The van der Waals surface area contributed by atoms with Gasteiger partial charge in [0.2, 0.25) is 5.79 Å². The van der Waals surface area contributed by atoms with Gasteiger partial charge >= 0.3 is 12.1 Å². The summed E-state index contributed by atoms with van der Waals surface area (Å²) in [5.41, 5.74) is 0.717. The number of nitrogens with one attached hydrogen (secondary N) is 1. The third-order valence-corrected chi connectivity index (χ3v) is 17.1. The third kappa shape index (κ3) is 18.1. The lowest BCUT2D eigenvalue weighted by molar-refractivity contribution is -0.300. The number of rotatable bonds is 12. The predicted molar refractivity (Wildman–Crippen MR) is 297 cm³/mol. The minimum atomic E-state index is -2.83. The molecule has 82 heavy (non-hydrogen) atoms. The maximum absolute atomic E-state index is 14.7. The molecule has 0 radical (unpaired) electrons. The van der Waals surface area contributed by atoms with E-state index >= 15 is 0 Å². The number of allylic oxidation sites excluding steroid dienone is 6. The summed E-state index contributed by atoms with van der Waals surface area (Å²) in [4.78, 5) is 85.9. The third-order valence-electron chi connectivity index (χ3n) is 17.1. The molecule has 5 rings (SSSR count). The molecule has 7 N–H and O–H groups in total. The first kappa shape index (κ1) is 63.7. The molecule has 22 nitrogen and oxygen atoms in total. The number of cyclic esters (lactones) is 1. The van der Waals surface area contributed by atoms with E-state index in [0.717, 1.165) is 4.90 Å². The Morgan fingerprint density at radius 3 is 2.32 bits per heavy atom. The molecule has 4 fully saturated rings. The summed E-state index contributed by atoms with van der Waals surface area (Å²) in [5, 5.41) is 66.1. The van der Waals surface area contributed by atoms with Crippen LogP contribution in [0.5, 0.6) is 0 Å². The van der Waals surface area contributed by atoms with Crippen LogP contribution in [0, 0.1) is 35.5 Å². The van der Waals surface area contributed by atoms with Gasteiger partial charge in [0.25, 0.3) is 11.7 Å². The Morgan fingerprint density at radius 1 is 0.878 bits per heavy atom. The molecule has 5 aliphatic rings. The molecule has 3 saturated heterocycles. The summed E-state index contributed by atoms with van der Waals surface area (Å²) in [6.45, 7) is 11.0. The normalized spacial score (nSPS) is 38.7. The van der Waals surface area contributed by atoms with Crippen LogP contribution < -0.4 is 5.32 Å². The van der Waals surface area contributed by atoms with Gasteiger partial charge in [-0.15, -0.1) is 0 Å². The van der Waals surface area contributed by atoms with Crippen molar-refractivity contribution in [1.82, 2.24) is 10.2 Å². The second kappa shape index (κ2) is 32.3. The summed E-state index contributed by atoms with van der Waals surface area (Å²) >= 11 is 0. The molecule has 0 aromatic heterocycles. The number of nitrogens with zero attached hydrogens (tertiary/aromatic N) is 1. The molecular formula is C60H94N2O20. The number of Topliss-reactive ketones (excluding diaryl/α,β-unsaturated/α-hetero) is 3. The Hall–Kier alpha value is -4.30. The van der Waals surface area contributed by atoms with Crippen molar-refractivity contribution in [2.24, 2.45) is 35.5 Å². The van der Waals surface area contributed by atoms with E-state index in [9.17, 15) is 59.4 Å². The maximum atomic E-state index is 14.7. The summed E-state index contributed by atoms with van der Waals surface area (Å²) in [6.07, 6.45) is -1.61. The van der Waals surface area contributed by atoms with E-state index in [1.807, 2.05) is 19.9 Å². The van der Waals surface area contributed by atoms with Gasteiger partial charge in [-0.05, 0) is 107 Å². The molecule has 0 aromatic rings. The number of ether oxygens (including phenoxy) is 8. The second-order valence-electron chi connectivity index (χ2n) is 23.4. The number of hydrogen-bond donors (Lipinski definition) is 7. The van der Waals surface area contributed by atoms with Crippen molar-refractivity contribution in [3.63, 3.8) is 0 Å². The number of methoxy groups -OCH3 is 3. The Bertz CT molecular complexity index is 2370. The number of aliphatic hydroxyl groups is 6. The fourth-order valence-corrected chi connectivity index (χ4v) is 11.8. The van der Waals surface area contributed by atoms with Crippen molar-refractivity contribution < 1.29 is 101 Å². The van der Waals surface area contributed by atoms with Gasteiger partial charge in [-0.25, -0.2) is 9.59 Å². The van der Waals surface area contributed by atoms with E-state index in [4.69, 9.17) is 42.0 Å². The number of aliphatic hydroxyl groups excluding tert-OH is 5. The zero-order valence-corrected chi connectivity index (χ0v) is 49.1. The van der Waals surface area contributed by atoms with Gasteiger partial charge in [-0.1, -0.05) is 71.1 Å². The van der Waals surface area contributed by atoms with Gasteiger partial charge in [0, 0.05) is 64.9 Å². The number of piperidine rings is 1.